The van der Waals surface area contributed by atoms with Gasteiger partial charge in [0.25, 0.3) is 5.91 Å². The number of Topliss-reactive ketones (excluding diaryl/α,β-unsaturated/α-hetero) is 2. The Morgan fingerprint density at radius 1 is 0.615 bits per heavy atom. The summed E-state index contributed by atoms with van der Waals surface area (Å²) < 4.78 is 47.0. The zero-order valence-corrected chi connectivity index (χ0v) is 45.4. The predicted molar refractivity (Wildman–Crippen MR) is 276 cm³/mol. The summed E-state index contributed by atoms with van der Waals surface area (Å²) in [6.07, 6.45) is 3.04. The lowest BCUT2D eigenvalue weighted by atomic mass is 9.97. The molecule has 0 fully saturated rings. The number of unbranched alkanes of at least 4 members (excludes halogenated alkanes) is 1. The first-order chi connectivity index (χ1) is 37.2. The Hall–Kier alpha value is -6.82. The number of nitrogens with one attached hydrogen (secondary N) is 6. The summed E-state index contributed by atoms with van der Waals surface area (Å²) >= 11 is 0. The minimum Gasteiger partial charge on any atom is -0.481 e. The van der Waals surface area contributed by atoms with Crippen molar-refractivity contribution in [2.24, 2.45) is 5.92 Å². The van der Waals surface area contributed by atoms with Crippen LogP contribution in [0, 0.1) is 12.8 Å². The van der Waals surface area contributed by atoms with Crippen LogP contribution < -0.4 is 26.0 Å². The third-order valence-corrected chi connectivity index (χ3v) is 12.3. The Morgan fingerprint density at radius 2 is 1.26 bits per heavy atom. The number of carboxylic acids is 3. The maximum atomic E-state index is 12.1. The highest BCUT2D eigenvalue weighted by molar-refractivity contribution is 7.90. The molecule has 1 heterocycles. The van der Waals surface area contributed by atoms with Crippen LogP contribution >= 0.6 is 0 Å². The molecule has 1 aromatic heterocycles. The molecule has 3 unspecified atom stereocenters. The Labute approximate surface area is 453 Å². The molecule has 0 aliphatic carbocycles. The first kappa shape index (κ1) is 69.2. The van der Waals surface area contributed by atoms with E-state index in [1.54, 1.807) is 19.1 Å². The van der Waals surface area contributed by atoms with E-state index in [2.05, 4.69) is 41.9 Å². The number of aliphatic carboxylic acids is 3. The maximum absolute atomic E-state index is 12.1. The van der Waals surface area contributed by atoms with E-state index in [1.165, 1.54) is 0 Å². The van der Waals surface area contributed by atoms with Crippen molar-refractivity contribution in [2.45, 2.75) is 129 Å². The molecule has 9 N–H and O–H groups in total. The zero-order chi connectivity index (χ0) is 58.1. The molecule has 0 saturated heterocycles. The van der Waals surface area contributed by atoms with E-state index < -0.39 is 81.1 Å². The second-order valence-corrected chi connectivity index (χ2v) is 19.4. The van der Waals surface area contributed by atoms with E-state index >= 15 is 0 Å². The lowest BCUT2D eigenvalue weighted by Crippen LogP contribution is -2.42. The first-order valence-electron chi connectivity index (χ1n) is 25.6. The van der Waals surface area contributed by atoms with E-state index in [4.69, 9.17) is 24.1 Å². The van der Waals surface area contributed by atoms with Crippen LogP contribution in [-0.2, 0) is 78.5 Å². The molecule has 438 valence electrons. The molecule has 5 amide bonds. The number of nitrogens with zero attached hydrogens (tertiary/aromatic N) is 3. The molecular weight excluding hydrogens is 1050 g/mol. The predicted octanol–water partition coefficient (Wildman–Crippen LogP) is 0.575. The van der Waals surface area contributed by atoms with Gasteiger partial charge in [-0.3, -0.25) is 43.1 Å². The Morgan fingerprint density at radius 3 is 1.88 bits per heavy atom. The molecule has 0 spiro atoms. The number of carbonyl (C=O) groups excluding carboxylic acids is 7. The summed E-state index contributed by atoms with van der Waals surface area (Å²) in [6, 6.07) is 5.16. The summed E-state index contributed by atoms with van der Waals surface area (Å²) in [5.74, 6) is -7.35. The van der Waals surface area contributed by atoms with Gasteiger partial charge in [0.1, 0.15) is 31.1 Å². The number of aromatic amines is 1. The highest BCUT2D eigenvalue weighted by Crippen LogP contribution is 2.13. The summed E-state index contributed by atoms with van der Waals surface area (Å²) in [4.78, 5) is 117. The van der Waals surface area contributed by atoms with Crippen LogP contribution in [0.5, 0.6) is 0 Å². The lowest BCUT2D eigenvalue weighted by Gasteiger charge is -2.15. The monoisotopic (exact) mass is 1130 g/mol. The van der Waals surface area contributed by atoms with E-state index in [9.17, 15) is 66.6 Å². The van der Waals surface area contributed by atoms with Crippen LogP contribution in [-0.4, -0.2) is 187 Å². The van der Waals surface area contributed by atoms with Crippen molar-refractivity contribution in [3.63, 3.8) is 0 Å². The van der Waals surface area contributed by atoms with Crippen molar-refractivity contribution >= 4 is 69.0 Å². The second kappa shape index (κ2) is 41.3. The van der Waals surface area contributed by atoms with E-state index in [1.807, 2.05) is 30.7 Å². The van der Waals surface area contributed by atoms with Crippen LogP contribution in [0.15, 0.2) is 24.3 Å². The highest BCUT2D eigenvalue weighted by Gasteiger charge is 2.25. The number of amides is 5. The summed E-state index contributed by atoms with van der Waals surface area (Å²) in [6.45, 7) is 6.46. The van der Waals surface area contributed by atoms with Gasteiger partial charge in [-0.05, 0) is 70.4 Å². The summed E-state index contributed by atoms with van der Waals surface area (Å²) in [7, 11) is -3.89. The lowest BCUT2D eigenvalue weighted by molar-refractivity contribution is -0.145. The molecule has 0 bridgehead atoms. The van der Waals surface area contributed by atoms with Gasteiger partial charge in [0.05, 0.1) is 44.7 Å². The largest absolute Gasteiger partial charge is 0.481 e. The zero-order valence-electron chi connectivity index (χ0n) is 44.5. The fourth-order valence-corrected chi connectivity index (χ4v) is 7.69. The molecule has 0 aliphatic rings. The molecular formula is C49H77N9O19S. The number of tetrazole rings is 1. The number of hydrogen-bond acceptors (Lipinski definition) is 19. The quantitative estimate of drug-likeness (QED) is 0.0410. The average molecular weight is 1130 g/mol. The van der Waals surface area contributed by atoms with Crippen molar-refractivity contribution in [2.75, 3.05) is 71.7 Å². The number of aryl methyl sites for hydroxylation is 2. The van der Waals surface area contributed by atoms with Crippen LogP contribution in [0.25, 0.3) is 0 Å². The Kier molecular flexibility index (Phi) is 36.6. The first-order valence-corrected chi connectivity index (χ1v) is 27.3. The van der Waals surface area contributed by atoms with Crippen LogP contribution in [0.3, 0.4) is 0 Å². The van der Waals surface area contributed by atoms with E-state index in [0.29, 0.717) is 76.1 Å². The van der Waals surface area contributed by atoms with Crippen molar-refractivity contribution in [3.05, 3.63) is 41.2 Å². The number of carbonyl (C=O) groups is 10. The Balaban J connectivity index is 0.000000818. The molecule has 0 radical (unpaired) electrons. The fourth-order valence-electron chi connectivity index (χ4n) is 6.62. The molecule has 2 aromatic rings. The van der Waals surface area contributed by atoms with Gasteiger partial charge in [-0.1, -0.05) is 36.8 Å². The fraction of sp³-hybridized carbons (Fsp3) is 0.653. The number of ketones is 2. The average Bonchev–Trinajstić information content (AvgIpc) is 3.91. The van der Waals surface area contributed by atoms with Crippen LogP contribution in [0.4, 0.5) is 0 Å². The molecule has 28 nitrogen and oxygen atoms in total. The molecule has 78 heavy (non-hydrogen) atoms. The number of sulfonamides is 1. The SMILES string of the molecule is CCC(=O)CCCOCCOCC(=O)NC(CCCCNC(=O)c1ccc(C)cc1)C(=O)O.CCC(NC(=O)CCC(CC(=O)COCCOCCNC(=O)CCCS(=O)(=O)NC(=O)CCCc1nn[nH]n1)C(=O)O)C(=O)O. The smallest absolute Gasteiger partial charge is 0.326 e. The summed E-state index contributed by atoms with van der Waals surface area (Å²) in [5.41, 5.74) is 1.65. The van der Waals surface area contributed by atoms with Gasteiger partial charge in [-0.15, -0.1) is 10.2 Å². The van der Waals surface area contributed by atoms with Gasteiger partial charge in [0.15, 0.2) is 11.6 Å². The molecule has 0 aliphatic heterocycles. The van der Waals surface area contributed by atoms with Gasteiger partial charge in [-0.2, -0.15) is 5.21 Å². The molecule has 1 aromatic carbocycles. The van der Waals surface area contributed by atoms with E-state index in [-0.39, 0.29) is 109 Å². The van der Waals surface area contributed by atoms with Gasteiger partial charge in [0.2, 0.25) is 33.7 Å². The minimum absolute atomic E-state index is 0.00000913. The second-order valence-electron chi connectivity index (χ2n) is 17.6. The number of hydrogen-bond donors (Lipinski definition) is 9. The number of aromatic nitrogens is 4. The van der Waals surface area contributed by atoms with Crippen molar-refractivity contribution in [3.8, 4) is 0 Å². The highest BCUT2D eigenvalue weighted by atomic mass is 32.2. The number of H-pyrrole nitrogens is 1. The van der Waals surface area contributed by atoms with Crippen LogP contribution in [0.2, 0.25) is 0 Å². The van der Waals surface area contributed by atoms with Gasteiger partial charge in [0, 0.05) is 70.2 Å². The van der Waals surface area contributed by atoms with Gasteiger partial charge < -0.3 is 55.5 Å². The maximum Gasteiger partial charge on any atom is 0.326 e. The molecule has 29 heteroatoms. The van der Waals surface area contributed by atoms with Crippen LogP contribution in [0.1, 0.15) is 125 Å². The molecule has 3 atom stereocenters. The summed E-state index contributed by atoms with van der Waals surface area (Å²) in [5, 5.41) is 50.8. The number of benzene rings is 1. The van der Waals surface area contributed by atoms with Crippen molar-refractivity contribution in [1.29, 1.82) is 0 Å². The van der Waals surface area contributed by atoms with Gasteiger partial charge >= 0.3 is 17.9 Å². The standard InChI is InChI=1S/C25H41N7O12S.C24H36N2O7/c1-2-19(25(39)40)27-22(35)9-8-17(24(37)38)15-18(33)16-44-13-12-43-11-10-26-21(34)7-4-14-45(41,42)30-23(36)6-3-5-20-28-31-32-29-20;1-3-20(27)7-6-14-32-15-16-33-17-22(28)26-21(24(30)31)8-4-5-13-25-23(29)19-11-9-18(2)10-12-19/h17,19H,2-16H2,1H3,(H,26,34)(H,27,35)(H,30,36)(H,37,38)(H,39,40)(H,28,29,31,32);9-12,21H,3-8,13-17H2,1-2H3,(H,25,29)(H,26,28)(H,30,31). The Bertz CT molecular complexity index is 2270. The normalized spacial score (nSPS) is 12.1. The third-order valence-electron chi connectivity index (χ3n) is 11.0. The minimum atomic E-state index is -3.89. The van der Waals surface area contributed by atoms with Gasteiger partial charge in [-0.25, -0.2) is 18.0 Å². The topological polar surface area (TPSA) is 417 Å². The number of rotatable bonds is 44. The van der Waals surface area contributed by atoms with Crippen molar-refractivity contribution < 1.29 is 90.6 Å². The van der Waals surface area contributed by atoms with Crippen molar-refractivity contribution in [1.82, 2.24) is 46.6 Å². The number of carboxylic acid groups (broad SMARTS) is 3. The number of ether oxygens (including phenoxy) is 4. The molecule has 2 rings (SSSR count). The molecule has 0 saturated carbocycles. The third kappa shape index (κ3) is 35.5. The van der Waals surface area contributed by atoms with E-state index in [0.717, 1.165) is 5.56 Å².